The number of rotatable bonds is 10. The molecule has 2 aliphatic rings. The fourth-order valence-electron chi connectivity index (χ4n) is 5.29. The van der Waals surface area contributed by atoms with Gasteiger partial charge in [-0.05, 0) is 70.6 Å². The van der Waals surface area contributed by atoms with Crippen molar-refractivity contribution in [1.29, 1.82) is 5.26 Å². The van der Waals surface area contributed by atoms with Gasteiger partial charge in [0.15, 0.2) is 0 Å². The second-order valence-corrected chi connectivity index (χ2v) is 11.4. The summed E-state index contributed by atoms with van der Waals surface area (Å²) in [5.41, 5.74) is 1.16. The summed E-state index contributed by atoms with van der Waals surface area (Å²) in [4.78, 5) is 9.33. The molecule has 3 N–H and O–H groups in total. The summed E-state index contributed by atoms with van der Waals surface area (Å²) in [6.45, 7) is 6.85. The van der Waals surface area contributed by atoms with Gasteiger partial charge in [0.05, 0.1) is 28.8 Å². The lowest BCUT2D eigenvalue weighted by molar-refractivity contribution is 0.0455. The molecule has 0 unspecified atom stereocenters. The van der Waals surface area contributed by atoms with Crippen LogP contribution in [0.15, 0.2) is 30.5 Å². The first-order valence-corrected chi connectivity index (χ1v) is 13.6. The molecule has 37 heavy (non-hydrogen) atoms. The lowest BCUT2D eigenvalue weighted by Gasteiger charge is -2.36. The van der Waals surface area contributed by atoms with Crippen molar-refractivity contribution in [1.82, 2.24) is 15.3 Å². The van der Waals surface area contributed by atoms with E-state index in [-0.39, 0.29) is 5.54 Å². The lowest BCUT2D eigenvalue weighted by Crippen LogP contribution is -2.50. The number of ether oxygens (including phenoxy) is 2. The van der Waals surface area contributed by atoms with Gasteiger partial charge >= 0.3 is 0 Å². The van der Waals surface area contributed by atoms with Gasteiger partial charge in [0.25, 0.3) is 0 Å². The SMILES string of the molecule is COCC(C)(C)NC1CCC(Nc2cc(-c3cccc(NCC4(C#N)CCOCC4)n3)c(Cl)cn2)CC1. The predicted molar refractivity (Wildman–Crippen MR) is 148 cm³/mol. The highest BCUT2D eigenvalue weighted by Gasteiger charge is 2.32. The molecule has 3 heterocycles. The van der Waals surface area contributed by atoms with Crippen molar-refractivity contribution in [2.45, 2.75) is 70.0 Å². The largest absolute Gasteiger partial charge is 0.383 e. The predicted octanol–water partition coefficient (Wildman–Crippen LogP) is 5.27. The minimum absolute atomic E-state index is 0.0251. The van der Waals surface area contributed by atoms with Crippen molar-refractivity contribution in [2.75, 3.05) is 44.1 Å². The number of halogens is 1. The number of hydrogen-bond donors (Lipinski definition) is 3. The Balaban J connectivity index is 1.37. The second-order valence-electron chi connectivity index (χ2n) is 11.0. The molecule has 1 aliphatic carbocycles. The Kier molecular flexibility index (Phi) is 9.25. The molecule has 8 nitrogen and oxygen atoms in total. The van der Waals surface area contributed by atoms with Gasteiger partial charge in [0.1, 0.15) is 11.6 Å². The highest BCUT2D eigenvalue weighted by Crippen LogP contribution is 2.32. The first kappa shape index (κ1) is 27.6. The Morgan fingerprint density at radius 1 is 1.16 bits per heavy atom. The normalized spacial score (nSPS) is 21.7. The van der Waals surface area contributed by atoms with Crippen LogP contribution in [0.3, 0.4) is 0 Å². The van der Waals surface area contributed by atoms with Crippen LogP contribution < -0.4 is 16.0 Å². The second kappa shape index (κ2) is 12.4. The first-order chi connectivity index (χ1) is 17.8. The fraction of sp³-hybridized carbons (Fsp3) is 0.607. The Morgan fingerprint density at radius 2 is 1.89 bits per heavy atom. The molecule has 0 atom stereocenters. The third-order valence-electron chi connectivity index (χ3n) is 7.35. The molecule has 200 valence electrons. The van der Waals surface area contributed by atoms with Gasteiger partial charge in [0, 0.05) is 56.3 Å². The minimum Gasteiger partial charge on any atom is -0.383 e. The summed E-state index contributed by atoms with van der Waals surface area (Å²) in [5.74, 6) is 1.53. The molecular formula is C28H39ClN6O2. The van der Waals surface area contributed by atoms with E-state index in [1.54, 1.807) is 13.3 Å². The van der Waals surface area contributed by atoms with Crippen LogP contribution in [0.4, 0.5) is 11.6 Å². The molecule has 1 saturated heterocycles. The van der Waals surface area contributed by atoms with Crippen molar-refractivity contribution < 1.29 is 9.47 Å². The topological polar surface area (TPSA) is 104 Å². The van der Waals surface area contributed by atoms with E-state index < -0.39 is 5.41 Å². The molecule has 0 radical (unpaired) electrons. The Hall–Kier alpha value is -2.44. The van der Waals surface area contributed by atoms with Gasteiger partial charge in [-0.25, -0.2) is 9.97 Å². The van der Waals surface area contributed by atoms with Crippen LogP contribution in [0.2, 0.25) is 5.02 Å². The summed E-state index contributed by atoms with van der Waals surface area (Å²) < 4.78 is 10.8. The Bertz CT molecular complexity index is 1070. The number of nitriles is 1. The number of hydrogen-bond acceptors (Lipinski definition) is 8. The molecule has 2 aromatic heterocycles. The average Bonchev–Trinajstić information content (AvgIpc) is 2.90. The number of pyridine rings is 2. The van der Waals surface area contributed by atoms with E-state index in [4.69, 9.17) is 26.1 Å². The first-order valence-electron chi connectivity index (χ1n) is 13.2. The van der Waals surface area contributed by atoms with Crippen molar-refractivity contribution >= 4 is 23.2 Å². The zero-order valence-corrected chi connectivity index (χ0v) is 22.9. The fourth-order valence-corrected chi connectivity index (χ4v) is 5.49. The molecule has 4 rings (SSSR count). The van der Waals surface area contributed by atoms with Gasteiger partial charge in [0.2, 0.25) is 0 Å². The molecule has 9 heteroatoms. The summed E-state index contributed by atoms with van der Waals surface area (Å²) in [6.07, 6.45) is 7.50. The summed E-state index contributed by atoms with van der Waals surface area (Å²) >= 11 is 6.55. The zero-order chi connectivity index (χ0) is 26.3. The molecule has 1 saturated carbocycles. The van der Waals surface area contributed by atoms with Crippen LogP contribution in [-0.4, -0.2) is 61.1 Å². The van der Waals surface area contributed by atoms with Gasteiger partial charge in [-0.2, -0.15) is 5.26 Å². The van der Waals surface area contributed by atoms with Crippen LogP contribution >= 0.6 is 11.6 Å². The standard InChI is InChI=1S/C28H39ClN6O2/c1-27(2,19-36-3)35-21-9-7-20(8-10-21)33-26-15-22(23(29)16-31-26)24-5-4-6-25(34-24)32-18-28(17-30)11-13-37-14-12-28/h4-6,15-16,20-21,35H,7-14,18-19H2,1-3H3,(H,31,33)(H,32,34). The van der Waals surface area contributed by atoms with Crippen LogP contribution in [0.1, 0.15) is 52.4 Å². The van der Waals surface area contributed by atoms with Crippen molar-refractivity contribution in [3.8, 4) is 17.3 Å². The highest BCUT2D eigenvalue weighted by molar-refractivity contribution is 6.33. The van der Waals surface area contributed by atoms with Gasteiger partial charge < -0.3 is 25.4 Å². The maximum atomic E-state index is 9.73. The monoisotopic (exact) mass is 526 g/mol. The van der Waals surface area contributed by atoms with E-state index in [1.807, 2.05) is 24.3 Å². The molecule has 0 amide bonds. The van der Waals surface area contributed by atoms with E-state index in [0.717, 1.165) is 61.4 Å². The quantitative estimate of drug-likeness (QED) is 0.385. The summed E-state index contributed by atoms with van der Waals surface area (Å²) in [6, 6.07) is 11.2. The van der Waals surface area contributed by atoms with Crippen LogP contribution in [0.25, 0.3) is 11.3 Å². The van der Waals surface area contributed by atoms with Crippen molar-refractivity contribution in [3.63, 3.8) is 0 Å². The molecular weight excluding hydrogens is 488 g/mol. The zero-order valence-electron chi connectivity index (χ0n) is 22.1. The smallest absolute Gasteiger partial charge is 0.126 e. The number of nitrogens with zero attached hydrogens (tertiary/aromatic N) is 3. The van der Waals surface area contributed by atoms with Gasteiger partial charge in [-0.1, -0.05) is 17.7 Å². The van der Waals surface area contributed by atoms with E-state index >= 15 is 0 Å². The maximum absolute atomic E-state index is 9.73. The van der Waals surface area contributed by atoms with E-state index in [9.17, 15) is 5.26 Å². The molecule has 2 aromatic rings. The van der Waals surface area contributed by atoms with Gasteiger partial charge in [-0.15, -0.1) is 0 Å². The van der Waals surface area contributed by atoms with Crippen LogP contribution in [0.5, 0.6) is 0 Å². The number of aromatic nitrogens is 2. The number of anilines is 2. The third kappa shape index (κ3) is 7.55. The van der Waals surface area contributed by atoms with Gasteiger partial charge in [-0.3, -0.25) is 0 Å². The molecule has 0 bridgehead atoms. The van der Waals surface area contributed by atoms with E-state index in [1.165, 1.54) is 0 Å². The van der Waals surface area contributed by atoms with E-state index in [2.05, 4.69) is 40.9 Å². The third-order valence-corrected chi connectivity index (χ3v) is 7.66. The minimum atomic E-state index is -0.421. The Morgan fingerprint density at radius 3 is 2.59 bits per heavy atom. The molecule has 2 fully saturated rings. The van der Waals surface area contributed by atoms with Crippen molar-refractivity contribution in [3.05, 3.63) is 35.5 Å². The molecule has 1 aliphatic heterocycles. The van der Waals surface area contributed by atoms with E-state index in [0.29, 0.717) is 43.5 Å². The lowest BCUT2D eigenvalue weighted by atomic mass is 9.82. The summed E-state index contributed by atoms with van der Waals surface area (Å²) in [5, 5.41) is 21.0. The average molecular weight is 527 g/mol. The number of nitrogens with one attached hydrogen (secondary N) is 3. The number of methoxy groups -OCH3 is 1. The molecule has 0 aromatic carbocycles. The molecule has 0 spiro atoms. The Labute approximate surface area is 225 Å². The van der Waals surface area contributed by atoms with Crippen LogP contribution in [-0.2, 0) is 9.47 Å². The van der Waals surface area contributed by atoms with Crippen molar-refractivity contribution in [2.24, 2.45) is 5.41 Å². The maximum Gasteiger partial charge on any atom is 0.126 e. The highest BCUT2D eigenvalue weighted by atomic mass is 35.5. The summed E-state index contributed by atoms with van der Waals surface area (Å²) in [7, 11) is 1.75. The van der Waals surface area contributed by atoms with Crippen LogP contribution in [0, 0.1) is 16.7 Å².